The van der Waals surface area contributed by atoms with E-state index < -0.39 is 5.60 Å². The van der Waals surface area contributed by atoms with Gasteiger partial charge < -0.3 is 20.3 Å². The van der Waals surface area contributed by atoms with Gasteiger partial charge >= 0.3 is 5.97 Å². The number of ether oxygens (including phenoxy) is 1. The van der Waals surface area contributed by atoms with Gasteiger partial charge in [0, 0.05) is 58.9 Å². The van der Waals surface area contributed by atoms with Crippen molar-refractivity contribution in [3.63, 3.8) is 0 Å². The van der Waals surface area contributed by atoms with Crippen LogP contribution in [0.2, 0.25) is 0 Å². The lowest BCUT2D eigenvalue weighted by Gasteiger charge is -2.31. The van der Waals surface area contributed by atoms with Crippen molar-refractivity contribution >= 4 is 23.0 Å². The van der Waals surface area contributed by atoms with Crippen LogP contribution in [0.15, 0.2) is 66.7 Å². The third kappa shape index (κ3) is 5.00. The second-order valence-corrected chi connectivity index (χ2v) is 11.6. The number of fused-ring (bicyclic) bond motifs is 1. The summed E-state index contributed by atoms with van der Waals surface area (Å²) in [5.74, 6) is -0.308. The summed E-state index contributed by atoms with van der Waals surface area (Å²) in [6.45, 7) is 12.8. The number of rotatable bonds is 5. The van der Waals surface area contributed by atoms with E-state index in [2.05, 4.69) is 101 Å². The van der Waals surface area contributed by atoms with E-state index in [0.717, 1.165) is 33.8 Å². The van der Waals surface area contributed by atoms with Gasteiger partial charge in [-0.15, -0.1) is 0 Å². The molecule has 0 radical (unpaired) electrons. The minimum atomic E-state index is -1.02. The molecule has 184 valence electrons. The zero-order valence-corrected chi connectivity index (χ0v) is 22.1. The Bertz CT molecular complexity index is 1150. The van der Waals surface area contributed by atoms with Gasteiger partial charge in [-0.3, -0.25) is 0 Å². The smallest absolute Gasteiger partial charge is 0.340 e. The minimum Gasteiger partial charge on any atom is -0.441 e. The Morgan fingerprint density at radius 3 is 1.57 bits per heavy atom. The second kappa shape index (κ2) is 8.63. The van der Waals surface area contributed by atoms with Crippen molar-refractivity contribution in [1.29, 1.82) is 0 Å². The molecule has 0 saturated heterocycles. The fourth-order valence-electron chi connectivity index (χ4n) is 4.57. The largest absolute Gasteiger partial charge is 0.441 e. The van der Waals surface area contributed by atoms with Gasteiger partial charge in [0.15, 0.2) is 5.60 Å². The molecule has 1 aliphatic heterocycles. The molecule has 0 amide bonds. The number of cyclic esters (lactones) is 1. The number of anilines is 3. The summed E-state index contributed by atoms with van der Waals surface area (Å²) in [4.78, 5) is 15.2. The van der Waals surface area contributed by atoms with Crippen molar-refractivity contribution < 1.29 is 9.53 Å². The molecule has 0 fully saturated rings. The first kappa shape index (κ1) is 24.6. The van der Waals surface area contributed by atoms with Crippen LogP contribution in [0.5, 0.6) is 0 Å². The van der Waals surface area contributed by atoms with Crippen LogP contribution >= 0.6 is 0 Å². The highest BCUT2D eigenvalue weighted by molar-refractivity contribution is 5.97. The fraction of sp³-hybridized carbons (Fsp3) is 0.367. The maximum atomic E-state index is 13.2. The lowest BCUT2D eigenvalue weighted by molar-refractivity contribution is 0.0251. The predicted octanol–water partition coefficient (Wildman–Crippen LogP) is 6.64. The molecule has 1 aliphatic rings. The molecule has 3 aromatic carbocycles. The van der Waals surface area contributed by atoms with Gasteiger partial charge in [-0.25, -0.2) is 4.79 Å². The maximum absolute atomic E-state index is 13.2. The van der Waals surface area contributed by atoms with E-state index in [9.17, 15) is 4.79 Å². The van der Waals surface area contributed by atoms with Gasteiger partial charge in [0.1, 0.15) is 0 Å². The number of carbonyl (C=O) groups is 1. The second-order valence-electron chi connectivity index (χ2n) is 11.6. The summed E-state index contributed by atoms with van der Waals surface area (Å²) in [5, 5.41) is 7.01. The molecule has 0 atom stereocenters. The molecule has 5 nitrogen and oxygen atoms in total. The Labute approximate surface area is 209 Å². The Morgan fingerprint density at radius 1 is 0.714 bits per heavy atom. The van der Waals surface area contributed by atoms with Crippen LogP contribution in [0.3, 0.4) is 0 Å². The average molecular weight is 472 g/mol. The standard InChI is InChI=1S/C30H37N3O2/c1-28(2,3)31-22-13-9-20(10-14-22)30(21-11-15-23(16-12-21)32-29(4,5)6)26-18-17-24(33(7)8)19-25(26)27(34)35-30/h9-19,31-32H,1-8H3. The highest BCUT2D eigenvalue weighted by atomic mass is 16.6. The van der Waals surface area contributed by atoms with E-state index in [0.29, 0.717) is 5.56 Å². The summed E-state index contributed by atoms with van der Waals surface area (Å²) in [6, 6.07) is 22.4. The van der Waals surface area contributed by atoms with Crippen molar-refractivity contribution in [2.75, 3.05) is 29.6 Å². The van der Waals surface area contributed by atoms with Crippen LogP contribution in [0.25, 0.3) is 0 Å². The highest BCUT2D eigenvalue weighted by Crippen LogP contribution is 2.48. The number of esters is 1. The van der Waals surface area contributed by atoms with Crippen LogP contribution in [0.1, 0.15) is 68.6 Å². The third-order valence-corrected chi connectivity index (χ3v) is 5.99. The van der Waals surface area contributed by atoms with Crippen molar-refractivity contribution in [3.05, 3.63) is 89.0 Å². The van der Waals surface area contributed by atoms with Crippen LogP contribution in [-0.4, -0.2) is 31.1 Å². The Kier molecular flexibility index (Phi) is 6.08. The molecule has 0 aromatic heterocycles. The Morgan fingerprint density at radius 2 is 1.17 bits per heavy atom. The molecule has 4 rings (SSSR count). The number of benzene rings is 3. The zero-order valence-electron chi connectivity index (χ0n) is 22.1. The van der Waals surface area contributed by atoms with Crippen molar-refractivity contribution in [2.45, 2.75) is 58.2 Å². The predicted molar refractivity (Wildman–Crippen MR) is 146 cm³/mol. The molecule has 0 saturated carbocycles. The molecule has 35 heavy (non-hydrogen) atoms. The molecule has 2 N–H and O–H groups in total. The van der Waals surface area contributed by atoms with Crippen molar-refractivity contribution in [1.82, 2.24) is 0 Å². The lowest BCUT2D eigenvalue weighted by atomic mass is 9.79. The molecule has 0 bridgehead atoms. The number of hydrogen-bond donors (Lipinski definition) is 2. The van der Waals surface area contributed by atoms with Gasteiger partial charge in [-0.2, -0.15) is 0 Å². The molecule has 5 heteroatoms. The van der Waals surface area contributed by atoms with Crippen LogP contribution in [-0.2, 0) is 10.3 Å². The van der Waals surface area contributed by atoms with Crippen LogP contribution in [0.4, 0.5) is 17.1 Å². The SMILES string of the molecule is CN(C)c1ccc2c(c1)C(=O)OC2(c1ccc(NC(C)(C)C)cc1)c1ccc(NC(C)(C)C)cc1. The first-order chi connectivity index (χ1) is 16.3. The van der Waals surface area contributed by atoms with E-state index in [1.165, 1.54) is 0 Å². The van der Waals surface area contributed by atoms with Gasteiger partial charge in [-0.05, 0) is 77.9 Å². The van der Waals surface area contributed by atoms with E-state index >= 15 is 0 Å². The van der Waals surface area contributed by atoms with E-state index in [1.807, 2.05) is 37.2 Å². The fourth-order valence-corrected chi connectivity index (χ4v) is 4.57. The van der Waals surface area contributed by atoms with Crippen molar-refractivity contribution in [2.24, 2.45) is 0 Å². The first-order valence-electron chi connectivity index (χ1n) is 12.1. The third-order valence-electron chi connectivity index (χ3n) is 5.99. The minimum absolute atomic E-state index is 0.0515. The van der Waals surface area contributed by atoms with E-state index in [-0.39, 0.29) is 17.0 Å². The summed E-state index contributed by atoms with van der Waals surface area (Å²) in [7, 11) is 3.94. The summed E-state index contributed by atoms with van der Waals surface area (Å²) in [5.41, 5.74) is 5.18. The molecule has 1 heterocycles. The van der Waals surface area contributed by atoms with E-state index in [4.69, 9.17) is 4.74 Å². The molecule has 3 aromatic rings. The molecule has 0 unspecified atom stereocenters. The quantitative estimate of drug-likeness (QED) is 0.409. The number of carbonyl (C=O) groups excluding carboxylic acids is 1. The summed E-state index contributed by atoms with van der Waals surface area (Å²) >= 11 is 0. The van der Waals surface area contributed by atoms with Gasteiger partial charge in [0.2, 0.25) is 0 Å². The normalized spacial score (nSPS) is 14.8. The topological polar surface area (TPSA) is 53.6 Å². The lowest BCUT2D eigenvalue weighted by Crippen LogP contribution is -2.30. The van der Waals surface area contributed by atoms with Gasteiger partial charge in [-0.1, -0.05) is 30.3 Å². The van der Waals surface area contributed by atoms with Gasteiger partial charge in [0.05, 0.1) is 5.56 Å². The molecular weight excluding hydrogens is 434 g/mol. The molecular formula is C30H37N3O2. The number of nitrogens with one attached hydrogen (secondary N) is 2. The number of nitrogens with zero attached hydrogens (tertiary/aromatic N) is 1. The highest BCUT2D eigenvalue weighted by Gasteiger charge is 2.48. The summed E-state index contributed by atoms with van der Waals surface area (Å²) < 4.78 is 6.31. The Hall–Kier alpha value is -3.47. The average Bonchev–Trinajstić information content (AvgIpc) is 3.05. The zero-order chi connectivity index (χ0) is 25.6. The maximum Gasteiger partial charge on any atom is 0.340 e. The first-order valence-corrected chi connectivity index (χ1v) is 12.1. The summed E-state index contributed by atoms with van der Waals surface area (Å²) in [6.07, 6.45) is 0. The van der Waals surface area contributed by atoms with Crippen LogP contribution in [0, 0.1) is 0 Å². The Balaban J connectivity index is 1.86. The molecule has 0 aliphatic carbocycles. The monoisotopic (exact) mass is 471 g/mol. The van der Waals surface area contributed by atoms with Gasteiger partial charge in [0.25, 0.3) is 0 Å². The van der Waals surface area contributed by atoms with Crippen molar-refractivity contribution in [3.8, 4) is 0 Å². The number of hydrogen-bond acceptors (Lipinski definition) is 5. The molecule has 0 spiro atoms. The van der Waals surface area contributed by atoms with Crippen LogP contribution < -0.4 is 15.5 Å². The van der Waals surface area contributed by atoms with E-state index in [1.54, 1.807) is 0 Å².